The van der Waals surface area contributed by atoms with Crippen LogP contribution in [0.1, 0.15) is 16.1 Å². The molecule has 1 amide bonds. The number of nitrogens with zero attached hydrogens (tertiary/aromatic N) is 2. The average molecular weight is 396 g/mol. The minimum atomic E-state index is -0.211. The van der Waals surface area contributed by atoms with Crippen molar-refractivity contribution >= 4 is 28.1 Å². The zero-order chi connectivity index (χ0) is 20.7. The van der Waals surface area contributed by atoms with Crippen LogP contribution >= 0.6 is 0 Å². The third kappa shape index (κ3) is 3.08. The van der Waals surface area contributed by atoms with Crippen LogP contribution < -0.4 is 10.1 Å². The maximum atomic E-state index is 12.9. The number of carbonyl (C=O) groups excluding carboxylic acids is 1. The highest BCUT2D eigenvalue weighted by Gasteiger charge is 2.15. The van der Waals surface area contributed by atoms with E-state index in [-0.39, 0.29) is 5.91 Å². The van der Waals surface area contributed by atoms with Crippen LogP contribution in [0.2, 0.25) is 0 Å². The normalized spacial score (nSPS) is 11.1. The summed E-state index contributed by atoms with van der Waals surface area (Å²) >= 11 is 0. The molecular weight excluding hydrogens is 376 g/mol. The highest BCUT2D eigenvalue weighted by molar-refractivity contribution is 6.07. The number of hydrogen-bond acceptors (Lipinski definition) is 3. The molecule has 0 fully saturated rings. The lowest BCUT2D eigenvalue weighted by atomic mass is 10.1. The van der Waals surface area contributed by atoms with E-state index in [2.05, 4.69) is 10.3 Å². The molecule has 0 aliphatic carbocycles. The fraction of sp³-hybridized carbons (Fsp3) is 0.0833. The number of anilines is 1. The highest BCUT2D eigenvalue weighted by atomic mass is 16.5. The van der Waals surface area contributed by atoms with Gasteiger partial charge in [-0.25, -0.2) is 4.98 Å². The van der Waals surface area contributed by atoms with Crippen molar-refractivity contribution < 1.29 is 9.53 Å². The number of para-hydroxylation sites is 1. The van der Waals surface area contributed by atoms with Gasteiger partial charge in [0.1, 0.15) is 17.1 Å². The van der Waals surface area contributed by atoms with Gasteiger partial charge in [0.05, 0.1) is 18.5 Å². The molecule has 148 valence electrons. The minimum absolute atomic E-state index is 0.211. The van der Waals surface area contributed by atoms with Gasteiger partial charge in [0.15, 0.2) is 0 Å². The number of nitrogens with one attached hydrogen (secondary N) is 2. The highest BCUT2D eigenvalue weighted by Crippen LogP contribution is 2.29. The molecule has 30 heavy (non-hydrogen) atoms. The maximum Gasteiger partial charge on any atom is 0.272 e. The van der Waals surface area contributed by atoms with Gasteiger partial charge in [-0.15, -0.1) is 0 Å². The van der Waals surface area contributed by atoms with Gasteiger partial charge in [-0.2, -0.15) is 0 Å². The van der Waals surface area contributed by atoms with E-state index in [1.807, 2.05) is 84.4 Å². The summed E-state index contributed by atoms with van der Waals surface area (Å²) in [7, 11) is 1.62. The molecule has 0 spiro atoms. The second-order valence-corrected chi connectivity index (χ2v) is 7.18. The third-order valence-electron chi connectivity index (χ3n) is 5.20. The van der Waals surface area contributed by atoms with E-state index in [4.69, 9.17) is 9.72 Å². The Morgan fingerprint density at radius 1 is 1.10 bits per heavy atom. The Balaban J connectivity index is 1.49. The summed E-state index contributed by atoms with van der Waals surface area (Å²) in [4.78, 5) is 20.9. The topological polar surface area (TPSA) is 71.4 Å². The van der Waals surface area contributed by atoms with Gasteiger partial charge >= 0.3 is 0 Å². The molecule has 2 aromatic carbocycles. The van der Waals surface area contributed by atoms with Gasteiger partial charge in [0.25, 0.3) is 5.91 Å². The predicted molar refractivity (Wildman–Crippen MR) is 118 cm³/mol. The molecule has 0 unspecified atom stereocenters. The number of benzene rings is 2. The Labute approximate surface area is 173 Å². The van der Waals surface area contributed by atoms with E-state index < -0.39 is 0 Å². The van der Waals surface area contributed by atoms with Crippen LogP contribution in [0.15, 0.2) is 73.1 Å². The second kappa shape index (κ2) is 7.08. The predicted octanol–water partition coefficient (Wildman–Crippen LogP) is 5.05. The molecule has 5 rings (SSSR count). The summed E-state index contributed by atoms with van der Waals surface area (Å²) in [6.45, 7) is 2.03. The van der Waals surface area contributed by atoms with E-state index >= 15 is 0 Å². The van der Waals surface area contributed by atoms with E-state index in [0.29, 0.717) is 11.4 Å². The molecule has 3 heterocycles. The summed E-state index contributed by atoms with van der Waals surface area (Å²) in [5.41, 5.74) is 5.72. The van der Waals surface area contributed by atoms with E-state index in [1.54, 1.807) is 7.11 Å². The van der Waals surface area contributed by atoms with E-state index in [0.717, 1.165) is 39.1 Å². The van der Waals surface area contributed by atoms with Crippen LogP contribution in [-0.4, -0.2) is 27.4 Å². The Hall–Kier alpha value is -4.06. The summed E-state index contributed by atoms with van der Waals surface area (Å²) in [6.07, 6.45) is 3.95. The first-order valence-electron chi connectivity index (χ1n) is 9.64. The van der Waals surface area contributed by atoms with Gasteiger partial charge in [0, 0.05) is 34.9 Å². The SMILES string of the molecule is COc1ccc2cc(C(=O)Nc3ccccc3-c3cn4cccc(C)c4n3)[nH]c2c1. The van der Waals surface area contributed by atoms with Crippen molar-refractivity contribution in [1.82, 2.24) is 14.4 Å². The standard InChI is InChI=1S/C24H20N4O2/c1-15-6-5-11-28-14-22(26-23(15)28)18-7-3-4-8-19(18)27-24(29)21-12-16-9-10-17(30-2)13-20(16)25-21/h3-14,25H,1-2H3,(H,27,29). The number of aryl methyl sites for hydroxylation is 1. The van der Waals surface area contributed by atoms with Crippen molar-refractivity contribution in [2.45, 2.75) is 6.92 Å². The number of methoxy groups -OCH3 is 1. The van der Waals surface area contributed by atoms with Crippen LogP contribution in [0.5, 0.6) is 5.75 Å². The molecule has 0 aliphatic heterocycles. The second-order valence-electron chi connectivity index (χ2n) is 7.18. The van der Waals surface area contributed by atoms with Crippen molar-refractivity contribution in [3.8, 4) is 17.0 Å². The summed E-state index contributed by atoms with van der Waals surface area (Å²) < 4.78 is 7.25. The number of aromatic nitrogens is 3. The minimum Gasteiger partial charge on any atom is -0.497 e. The zero-order valence-corrected chi connectivity index (χ0v) is 16.6. The largest absolute Gasteiger partial charge is 0.497 e. The molecule has 0 radical (unpaired) electrons. The number of pyridine rings is 1. The Bertz CT molecular complexity index is 1400. The molecule has 6 heteroatoms. The lowest BCUT2D eigenvalue weighted by molar-refractivity contribution is 0.102. The monoisotopic (exact) mass is 396 g/mol. The number of ether oxygens (including phenoxy) is 1. The van der Waals surface area contributed by atoms with E-state index in [1.165, 1.54) is 0 Å². The van der Waals surface area contributed by atoms with Crippen molar-refractivity contribution in [2.24, 2.45) is 0 Å². The lowest BCUT2D eigenvalue weighted by Crippen LogP contribution is -2.12. The van der Waals surface area contributed by atoms with Crippen LogP contribution in [0.4, 0.5) is 5.69 Å². The van der Waals surface area contributed by atoms with Crippen molar-refractivity contribution in [2.75, 3.05) is 12.4 Å². The number of carbonyl (C=O) groups is 1. The molecule has 5 aromatic rings. The average Bonchev–Trinajstić information content (AvgIpc) is 3.38. The van der Waals surface area contributed by atoms with Crippen molar-refractivity contribution in [1.29, 1.82) is 0 Å². The molecule has 0 saturated carbocycles. The number of amides is 1. The fourth-order valence-electron chi connectivity index (χ4n) is 3.64. The van der Waals surface area contributed by atoms with Crippen molar-refractivity contribution in [3.63, 3.8) is 0 Å². The van der Waals surface area contributed by atoms with Gasteiger partial charge < -0.3 is 19.4 Å². The maximum absolute atomic E-state index is 12.9. The Kier molecular flexibility index (Phi) is 4.25. The first-order chi connectivity index (χ1) is 14.6. The quantitative estimate of drug-likeness (QED) is 0.446. The number of hydrogen-bond donors (Lipinski definition) is 2. The molecule has 0 bridgehead atoms. The molecular formula is C24H20N4O2. The van der Waals surface area contributed by atoms with Crippen LogP contribution in [0, 0.1) is 6.92 Å². The number of rotatable bonds is 4. The number of H-pyrrole nitrogens is 1. The summed E-state index contributed by atoms with van der Waals surface area (Å²) in [6, 6.07) is 19.2. The molecule has 2 N–H and O–H groups in total. The molecule has 0 aliphatic rings. The van der Waals surface area contributed by atoms with Crippen LogP contribution in [0.25, 0.3) is 27.8 Å². The third-order valence-corrected chi connectivity index (χ3v) is 5.20. The molecule has 0 atom stereocenters. The van der Waals surface area contributed by atoms with Gasteiger partial charge in [0.2, 0.25) is 0 Å². The van der Waals surface area contributed by atoms with Gasteiger partial charge in [-0.3, -0.25) is 4.79 Å². The first-order valence-corrected chi connectivity index (χ1v) is 9.64. The Morgan fingerprint density at radius 2 is 1.97 bits per heavy atom. The number of aromatic amines is 1. The first kappa shape index (κ1) is 18.0. The van der Waals surface area contributed by atoms with E-state index in [9.17, 15) is 4.79 Å². The summed E-state index contributed by atoms with van der Waals surface area (Å²) in [5, 5.41) is 3.97. The summed E-state index contributed by atoms with van der Waals surface area (Å²) in [5.74, 6) is 0.529. The lowest BCUT2D eigenvalue weighted by Gasteiger charge is -2.08. The van der Waals surface area contributed by atoms with Crippen LogP contribution in [0.3, 0.4) is 0 Å². The molecule has 3 aromatic heterocycles. The van der Waals surface area contributed by atoms with Crippen LogP contribution in [-0.2, 0) is 0 Å². The number of imidazole rings is 1. The van der Waals surface area contributed by atoms with Gasteiger partial charge in [-0.1, -0.05) is 24.3 Å². The number of fused-ring (bicyclic) bond motifs is 2. The zero-order valence-electron chi connectivity index (χ0n) is 16.6. The van der Waals surface area contributed by atoms with Gasteiger partial charge in [-0.05, 0) is 42.8 Å². The Morgan fingerprint density at radius 3 is 2.80 bits per heavy atom. The molecule has 0 saturated heterocycles. The fourth-order valence-corrected chi connectivity index (χ4v) is 3.64. The van der Waals surface area contributed by atoms with Crippen molar-refractivity contribution in [3.05, 3.63) is 84.3 Å². The smallest absolute Gasteiger partial charge is 0.272 e. The molecule has 6 nitrogen and oxygen atoms in total.